The van der Waals surface area contributed by atoms with Crippen LogP contribution in [0, 0.1) is 6.92 Å². The first-order valence-corrected chi connectivity index (χ1v) is 7.75. The van der Waals surface area contributed by atoms with Crippen LogP contribution < -0.4 is 5.73 Å². The van der Waals surface area contributed by atoms with Gasteiger partial charge in [-0.25, -0.2) is 0 Å². The molecule has 1 atom stereocenters. The molecule has 1 fully saturated rings. The van der Waals surface area contributed by atoms with Gasteiger partial charge in [0, 0.05) is 18.5 Å². The van der Waals surface area contributed by atoms with Crippen molar-refractivity contribution in [2.75, 3.05) is 13.1 Å². The van der Waals surface area contributed by atoms with Crippen molar-refractivity contribution in [2.45, 2.75) is 51.2 Å². The van der Waals surface area contributed by atoms with E-state index in [1.54, 1.807) is 4.90 Å². The van der Waals surface area contributed by atoms with Crippen LogP contribution in [0.5, 0.6) is 0 Å². The molecule has 1 unspecified atom stereocenters. The first kappa shape index (κ1) is 18.9. The number of nitrogens with two attached hydrogens (primary N) is 1. The van der Waals surface area contributed by atoms with Gasteiger partial charge >= 0.3 is 0 Å². The largest absolute Gasteiger partial charge is 0.387 e. The summed E-state index contributed by atoms with van der Waals surface area (Å²) in [4.78, 5) is 14.0. The zero-order valence-corrected chi connectivity index (χ0v) is 14.2. The second-order valence-electron chi connectivity index (χ2n) is 6.25. The maximum atomic E-state index is 12.3. The monoisotopic (exact) mass is 326 g/mol. The number of aryl methyl sites for hydroxylation is 1. The van der Waals surface area contributed by atoms with Crippen LogP contribution >= 0.6 is 12.4 Å². The first-order valence-electron chi connectivity index (χ1n) is 7.75. The van der Waals surface area contributed by atoms with E-state index in [4.69, 9.17) is 5.73 Å². The summed E-state index contributed by atoms with van der Waals surface area (Å²) in [5.41, 5.74) is 7.84. The Morgan fingerprint density at radius 3 is 2.41 bits per heavy atom. The van der Waals surface area contributed by atoms with Crippen LogP contribution in [0.1, 0.15) is 49.8 Å². The predicted molar refractivity (Wildman–Crippen MR) is 91.0 cm³/mol. The smallest absolute Gasteiger partial charge is 0.224 e. The highest BCUT2D eigenvalue weighted by atomic mass is 35.5. The lowest BCUT2D eigenvalue weighted by atomic mass is 9.75. The van der Waals surface area contributed by atoms with Gasteiger partial charge in [-0.3, -0.25) is 4.79 Å². The van der Waals surface area contributed by atoms with Crippen molar-refractivity contribution in [2.24, 2.45) is 5.73 Å². The summed E-state index contributed by atoms with van der Waals surface area (Å²) in [6.45, 7) is 4.87. The Morgan fingerprint density at radius 1 is 1.36 bits per heavy atom. The highest BCUT2D eigenvalue weighted by Crippen LogP contribution is 2.32. The molecule has 0 radical (unpaired) electrons. The topological polar surface area (TPSA) is 66.6 Å². The second kappa shape index (κ2) is 7.95. The molecule has 1 aromatic rings. The summed E-state index contributed by atoms with van der Waals surface area (Å²) >= 11 is 0. The SMILES string of the molecule is CCN(CC(O)c1ccc(C)cc1)C(=O)CC1(N)CCC1.Cl. The van der Waals surface area contributed by atoms with Gasteiger partial charge in [-0.2, -0.15) is 0 Å². The maximum Gasteiger partial charge on any atom is 0.224 e. The molecule has 0 aliphatic heterocycles. The Bertz CT molecular complexity index is 486. The fourth-order valence-corrected chi connectivity index (χ4v) is 2.73. The van der Waals surface area contributed by atoms with E-state index in [-0.39, 0.29) is 23.9 Å². The molecule has 1 aromatic carbocycles. The lowest BCUT2D eigenvalue weighted by Crippen LogP contribution is -2.51. The molecule has 1 amide bonds. The van der Waals surface area contributed by atoms with Crippen LogP contribution in [0.25, 0.3) is 0 Å². The minimum Gasteiger partial charge on any atom is -0.387 e. The van der Waals surface area contributed by atoms with Crippen molar-refractivity contribution in [1.82, 2.24) is 4.90 Å². The lowest BCUT2D eigenvalue weighted by molar-refractivity contribution is -0.134. The molecule has 2 rings (SSSR count). The van der Waals surface area contributed by atoms with Gasteiger partial charge in [0.1, 0.15) is 0 Å². The van der Waals surface area contributed by atoms with Crippen LogP contribution in [-0.2, 0) is 4.79 Å². The molecule has 0 aromatic heterocycles. The van der Waals surface area contributed by atoms with E-state index < -0.39 is 6.10 Å². The fourth-order valence-electron chi connectivity index (χ4n) is 2.73. The number of carbonyl (C=O) groups excluding carboxylic acids is 1. The summed E-state index contributed by atoms with van der Waals surface area (Å²) < 4.78 is 0. The number of benzene rings is 1. The zero-order chi connectivity index (χ0) is 15.5. The van der Waals surface area contributed by atoms with Gasteiger partial charge in [0.25, 0.3) is 0 Å². The Labute approximate surface area is 139 Å². The number of aliphatic hydroxyl groups excluding tert-OH is 1. The average molecular weight is 327 g/mol. The number of halogens is 1. The average Bonchev–Trinajstić information content (AvgIpc) is 2.43. The lowest BCUT2D eigenvalue weighted by Gasteiger charge is -2.39. The van der Waals surface area contributed by atoms with Gasteiger partial charge in [0.2, 0.25) is 5.91 Å². The minimum absolute atomic E-state index is 0. The van der Waals surface area contributed by atoms with Crippen molar-refractivity contribution >= 4 is 18.3 Å². The summed E-state index contributed by atoms with van der Waals surface area (Å²) in [7, 11) is 0. The van der Waals surface area contributed by atoms with E-state index >= 15 is 0 Å². The second-order valence-corrected chi connectivity index (χ2v) is 6.25. The third-order valence-electron chi connectivity index (χ3n) is 4.44. The number of hydrogen-bond acceptors (Lipinski definition) is 3. The molecule has 1 aliphatic rings. The van der Waals surface area contributed by atoms with Crippen molar-refractivity contribution in [3.8, 4) is 0 Å². The predicted octanol–water partition coefficient (Wildman–Crippen LogP) is 2.57. The van der Waals surface area contributed by atoms with Crippen LogP contribution in [0.3, 0.4) is 0 Å². The van der Waals surface area contributed by atoms with Gasteiger partial charge in [0.05, 0.1) is 12.6 Å². The van der Waals surface area contributed by atoms with Crippen molar-refractivity contribution in [1.29, 1.82) is 0 Å². The molecule has 0 heterocycles. The summed E-state index contributed by atoms with van der Waals surface area (Å²) in [5, 5.41) is 10.3. The highest BCUT2D eigenvalue weighted by molar-refractivity contribution is 5.85. The Kier molecular flexibility index (Phi) is 6.85. The van der Waals surface area contributed by atoms with E-state index in [9.17, 15) is 9.90 Å². The quantitative estimate of drug-likeness (QED) is 0.844. The molecule has 1 saturated carbocycles. The molecule has 0 spiro atoms. The van der Waals surface area contributed by atoms with Gasteiger partial charge in [-0.1, -0.05) is 29.8 Å². The standard InChI is InChI=1S/C17H26N2O2.ClH/c1-3-19(16(21)11-17(18)9-4-10-17)12-15(20)14-7-5-13(2)6-8-14;/h5-8,15,20H,3-4,9-12,18H2,1-2H3;1H. The molecule has 4 nitrogen and oxygen atoms in total. The van der Waals surface area contributed by atoms with Crippen molar-refractivity contribution in [3.63, 3.8) is 0 Å². The van der Waals surface area contributed by atoms with Crippen molar-refractivity contribution in [3.05, 3.63) is 35.4 Å². The zero-order valence-electron chi connectivity index (χ0n) is 13.4. The van der Waals surface area contributed by atoms with Crippen LogP contribution in [0.2, 0.25) is 0 Å². The van der Waals surface area contributed by atoms with Crippen LogP contribution in [0.4, 0.5) is 0 Å². The Hall–Kier alpha value is -1.10. The molecular formula is C17H27ClN2O2. The molecule has 0 bridgehead atoms. The third-order valence-corrected chi connectivity index (χ3v) is 4.44. The fraction of sp³-hybridized carbons (Fsp3) is 0.588. The minimum atomic E-state index is -0.649. The molecule has 22 heavy (non-hydrogen) atoms. The number of nitrogens with zero attached hydrogens (tertiary/aromatic N) is 1. The molecule has 5 heteroatoms. The molecule has 0 saturated heterocycles. The number of likely N-dealkylation sites (N-methyl/N-ethyl adjacent to an activating group) is 1. The number of amides is 1. The van der Waals surface area contributed by atoms with Gasteiger partial charge in [-0.05, 0) is 38.7 Å². The molecule has 124 valence electrons. The van der Waals surface area contributed by atoms with E-state index in [0.717, 1.165) is 30.4 Å². The first-order chi connectivity index (χ1) is 9.93. The molecule has 1 aliphatic carbocycles. The van der Waals surface area contributed by atoms with Gasteiger partial charge < -0.3 is 15.7 Å². The van der Waals surface area contributed by atoms with Gasteiger partial charge in [-0.15, -0.1) is 12.4 Å². The number of aliphatic hydroxyl groups is 1. The van der Waals surface area contributed by atoms with E-state index in [2.05, 4.69) is 0 Å². The Balaban J connectivity index is 0.00000242. The molecular weight excluding hydrogens is 300 g/mol. The summed E-state index contributed by atoms with van der Waals surface area (Å²) in [6, 6.07) is 7.77. The van der Waals surface area contributed by atoms with E-state index in [0.29, 0.717) is 19.5 Å². The van der Waals surface area contributed by atoms with Crippen LogP contribution in [-0.4, -0.2) is 34.5 Å². The Morgan fingerprint density at radius 2 is 1.95 bits per heavy atom. The normalized spacial score (nSPS) is 17.1. The maximum absolute atomic E-state index is 12.3. The summed E-state index contributed by atoms with van der Waals surface area (Å²) in [6.07, 6.45) is 2.71. The summed E-state index contributed by atoms with van der Waals surface area (Å²) in [5.74, 6) is 0.0471. The van der Waals surface area contributed by atoms with Gasteiger partial charge in [0.15, 0.2) is 0 Å². The third kappa shape index (κ3) is 4.70. The van der Waals surface area contributed by atoms with E-state index in [1.165, 1.54) is 0 Å². The van der Waals surface area contributed by atoms with Crippen molar-refractivity contribution < 1.29 is 9.90 Å². The highest BCUT2D eigenvalue weighted by Gasteiger charge is 2.36. The van der Waals surface area contributed by atoms with Crippen LogP contribution in [0.15, 0.2) is 24.3 Å². The van der Waals surface area contributed by atoms with E-state index in [1.807, 2.05) is 38.1 Å². The number of hydrogen-bond donors (Lipinski definition) is 2. The molecule has 3 N–H and O–H groups in total. The number of carbonyl (C=O) groups is 1. The number of rotatable bonds is 6.